The largest absolute Gasteiger partial charge is 0.305 e. The maximum absolute atomic E-state index is 10.2. The van der Waals surface area contributed by atoms with Gasteiger partial charge in [0.15, 0.2) is 0 Å². The van der Waals surface area contributed by atoms with Crippen molar-refractivity contribution in [3.63, 3.8) is 0 Å². The van der Waals surface area contributed by atoms with Gasteiger partial charge in [0.2, 0.25) is 0 Å². The Hall–Kier alpha value is 0.420. The lowest BCUT2D eigenvalue weighted by Gasteiger charge is -1.71. The molecule has 4 heteroatoms. The van der Waals surface area contributed by atoms with E-state index in [0.717, 1.165) is 9.47 Å². The number of thioether (sulfide) groups is 1. The molecule has 0 aliphatic carbocycles. The molecule has 2 nitrogen and oxygen atoms in total. The predicted octanol–water partition coefficient (Wildman–Crippen LogP) is 1.69. The summed E-state index contributed by atoms with van der Waals surface area (Å²) < 4.78 is 0.910. The van der Waals surface area contributed by atoms with Gasteiger partial charge in [0.05, 0.1) is 9.47 Å². The van der Waals surface area contributed by atoms with Crippen molar-refractivity contribution in [1.29, 1.82) is 0 Å². The first-order valence-electron chi connectivity index (χ1n) is 1.69. The van der Waals surface area contributed by atoms with Crippen LogP contribution in [0.1, 0.15) is 0 Å². The van der Waals surface area contributed by atoms with Gasteiger partial charge in [-0.25, -0.2) is 4.99 Å². The lowest BCUT2D eigenvalue weighted by atomic mass is 10.9. The number of nitrogens with zero attached hydrogens (tertiary/aromatic N) is 1. The third-order valence-electron chi connectivity index (χ3n) is 0.527. The molecule has 1 aliphatic rings. The standard InChI is InChI=1S/C3H2INOS/c4-2-1-7-3(6)5-2/h1H2. The van der Waals surface area contributed by atoms with Gasteiger partial charge in [0, 0.05) is 0 Å². The molecular formula is C3H2INOS. The molecule has 0 aromatic heterocycles. The summed E-state index contributed by atoms with van der Waals surface area (Å²) in [5, 5.41) is -0.0515. The number of halogens is 1. The summed E-state index contributed by atoms with van der Waals surface area (Å²) >= 11 is 3.31. The van der Waals surface area contributed by atoms with E-state index in [1.54, 1.807) is 0 Å². The Labute approximate surface area is 58.9 Å². The summed E-state index contributed by atoms with van der Waals surface area (Å²) in [4.78, 5) is 13.8. The molecule has 1 rings (SSSR count). The molecule has 0 radical (unpaired) electrons. The van der Waals surface area contributed by atoms with Gasteiger partial charge in [0.1, 0.15) is 0 Å². The minimum Gasteiger partial charge on any atom is -0.259 e. The van der Waals surface area contributed by atoms with E-state index < -0.39 is 0 Å². The second-order valence-electron chi connectivity index (χ2n) is 1.04. The maximum atomic E-state index is 10.2. The van der Waals surface area contributed by atoms with Crippen molar-refractivity contribution in [2.24, 2.45) is 4.99 Å². The Bertz CT molecular complexity index is 133. The topological polar surface area (TPSA) is 29.4 Å². The molecule has 0 aromatic rings. The number of rotatable bonds is 0. The van der Waals surface area contributed by atoms with Crippen LogP contribution in [0.15, 0.2) is 4.99 Å². The maximum Gasteiger partial charge on any atom is 0.305 e. The average molecular weight is 227 g/mol. The zero-order valence-electron chi connectivity index (χ0n) is 3.35. The van der Waals surface area contributed by atoms with Crippen LogP contribution in [0.25, 0.3) is 0 Å². The second kappa shape index (κ2) is 2.13. The van der Waals surface area contributed by atoms with Crippen molar-refractivity contribution in [2.45, 2.75) is 0 Å². The molecule has 0 N–H and O–H groups in total. The van der Waals surface area contributed by atoms with E-state index in [4.69, 9.17) is 0 Å². The highest BCUT2D eigenvalue weighted by molar-refractivity contribution is 14.1. The number of carbonyl (C=O) groups excluding carboxylic acids is 1. The van der Waals surface area contributed by atoms with Crippen LogP contribution >= 0.6 is 34.4 Å². The van der Waals surface area contributed by atoms with Gasteiger partial charge < -0.3 is 0 Å². The highest BCUT2D eigenvalue weighted by Gasteiger charge is 2.10. The van der Waals surface area contributed by atoms with E-state index in [2.05, 4.69) is 27.6 Å². The van der Waals surface area contributed by atoms with Gasteiger partial charge in [-0.3, -0.25) is 4.79 Å². The Balaban J connectivity index is 2.67. The normalized spacial score (nSPS) is 20.1. The van der Waals surface area contributed by atoms with Crippen LogP contribution in [-0.2, 0) is 0 Å². The molecular weight excluding hydrogens is 225 g/mol. The molecule has 1 aliphatic heterocycles. The van der Waals surface area contributed by atoms with E-state index in [0.29, 0.717) is 0 Å². The molecule has 0 saturated carbocycles. The first-order valence-corrected chi connectivity index (χ1v) is 3.75. The summed E-state index contributed by atoms with van der Waals surface area (Å²) in [7, 11) is 0. The Morgan fingerprint density at radius 3 is 2.71 bits per heavy atom. The summed E-state index contributed by atoms with van der Waals surface area (Å²) in [6.07, 6.45) is 0. The van der Waals surface area contributed by atoms with Crippen molar-refractivity contribution in [2.75, 3.05) is 5.75 Å². The summed E-state index contributed by atoms with van der Waals surface area (Å²) in [5.74, 6) is 0.777. The molecule has 0 spiro atoms. The van der Waals surface area contributed by atoms with E-state index >= 15 is 0 Å². The van der Waals surface area contributed by atoms with Crippen LogP contribution < -0.4 is 0 Å². The summed E-state index contributed by atoms with van der Waals surface area (Å²) in [6, 6.07) is 0. The highest BCUT2D eigenvalue weighted by atomic mass is 127. The number of hydrogen-bond acceptors (Lipinski definition) is 2. The van der Waals surface area contributed by atoms with Gasteiger partial charge >= 0.3 is 5.24 Å². The van der Waals surface area contributed by atoms with E-state index in [9.17, 15) is 4.79 Å². The molecule has 0 saturated heterocycles. The average Bonchev–Trinajstić information content (AvgIpc) is 1.87. The fourth-order valence-corrected chi connectivity index (χ4v) is 1.62. The first kappa shape index (κ1) is 5.55. The number of carbonyl (C=O) groups is 1. The summed E-state index contributed by atoms with van der Waals surface area (Å²) in [5.41, 5.74) is 0. The second-order valence-corrected chi connectivity index (χ2v) is 3.21. The SMILES string of the molecule is O=C1N=C(I)CS1. The Morgan fingerprint density at radius 2 is 2.57 bits per heavy atom. The van der Waals surface area contributed by atoms with Crippen LogP contribution in [0, 0.1) is 0 Å². The van der Waals surface area contributed by atoms with Crippen LogP contribution in [0.5, 0.6) is 0 Å². The zero-order valence-corrected chi connectivity index (χ0v) is 6.32. The van der Waals surface area contributed by atoms with Crippen LogP contribution in [0.3, 0.4) is 0 Å². The number of hydrogen-bond donors (Lipinski definition) is 0. The highest BCUT2D eigenvalue weighted by Crippen LogP contribution is 2.16. The van der Waals surface area contributed by atoms with Crippen LogP contribution in [0.4, 0.5) is 4.79 Å². The molecule has 38 valence electrons. The van der Waals surface area contributed by atoms with Gasteiger partial charge in [-0.1, -0.05) is 11.8 Å². The van der Waals surface area contributed by atoms with Crippen molar-refractivity contribution in [1.82, 2.24) is 0 Å². The van der Waals surface area contributed by atoms with Crippen LogP contribution in [0.2, 0.25) is 0 Å². The van der Waals surface area contributed by atoms with Gasteiger partial charge in [0.25, 0.3) is 0 Å². The summed E-state index contributed by atoms with van der Waals surface area (Å²) in [6.45, 7) is 0. The molecule has 1 heterocycles. The third-order valence-corrected chi connectivity index (χ3v) is 2.42. The molecule has 0 atom stereocenters. The Kier molecular flexibility index (Phi) is 1.69. The molecule has 1 amide bonds. The van der Waals surface area contributed by atoms with Gasteiger partial charge in [-0.2, -0.15) is 0 Å². The number of amides is 1. The predicted molar refractivity (Wildman–Crippen MR) is 39.3 cm³/mol. The molecule has 0 bridgehead atoms. The van der Waals surface area contributed by atoms with Crippen molar-refractivity contribution in [3.8, 4) is 0 Å². The first-order chi connectivity index (χ1) is 3.29. The molecule has 0 fully saturated rings. The van der Waals surface area contributed by atoms with Crippen LogP contribution in [-0.4, -0.2) is 14.7 Å². The minimum atomic E-state index is -0.0515. The minimum absolute atomic E-state index is 0.0515. The molecule has 7 heavy (non-hydrogen) atoms. The lowest BCUT2D eigenvalue weighted by Crippen LogP contribution is -1.77. The smallest absolute Gasteiger partial charge is 0.259 e. The van der Waals surface area contributed by atoms with Gasteiger partial charge in [-0.05, 0) is 22.6 Å². The Morgan fingerprint density at radius 1 is 1.86 bits per heavy atom. The fourth-order valence-electron chi connectivity index (χ4n) is 0.285. The van der Waals surface area contributed by atoms with E-state index in [1.807, 2.05) is 0 Å². The van der Waals surface area contributed by atoms with Crippen molar-refractivity contribution < 1.29 is 4.79 Å². The quantitative estimate of drug-likeness (QED) is 0.589. The van der Waals surface area contributed by atoms with E-state index in [-0.39, 0.29) is 5.24 Å². The molecule has 0 aromatic carbocycles. The lowest BCUT2D eigenvalue weighted by molar-refractivity contribution is 0.268. The fraction of sp³-hybridized carbons (Fsp3) is 0.333. The monoisotopic (exact) mass is 227 g/mol. The third kappa shape index (κ3) is 1.41. The van der Waals surface area contributed by atoms with Crippen molar-refractivity contribution in [3.05, 3.63) is 0 Å². The number of aliphatic imine (C=N–C) groups is 1. The zero-order chi connectivity index (χ0) is 5.28. The van der Waals surface area contributed by atoms with Crippen molar-refractivity contribution >= 4 is 43.3 Å². The van der Waals surface area contributed by atoms with Gasteiger partial charge in [-0.15, -0.1) is 0 Å². The molecule has 0 unspecified atom stereocenters. The van der Waals surface area contributed by atoms with E-state index in [1.165, 1.54) is 11.8 Å².